The number of hydrogen-bond donors (Lipinski definition) is 2. The summed E-state index contributed by atoms with van der Waals surface area (Å²) in [7, 11) is 0. The van der Waals surface area contributed by atoms with E-state index >= 15 is 0 Å². The maximum Gasteiger partial charge on any atom is 0.234 e. The monoisotopic (exact) mass is 395 g/mol. The molecule has 0 saturated carbocycles. The molecule has 1 saturated heterocycles. The summed E-state index contributed by atoms with van der Waals surface area (Å²) in [6.07, 6.45) is 0.341. The largest absolute Gasteiger partial charge is 0.357 e. The minimum atomic E-state index is -0.440. The number of carbonyl (C=O) groups is 1. The number of aliphatic imine (C=N–C) groups is 1. The molecule has 1 aliphatic heterocycles. The molecule has 1 fully saturated rings. The average molecular weight is 395 g/mol. The Kier molecular flexibility index (Phi) is 8.63. The fourth-order valence-electron chi connectivity index (χ4n) is 3.13. The Hall–Kier alpha value is -2.22. The van der Waals surface area contributed by atoms with Crippen LogP contribution in [0.4, 0.5) is 8.78 Å². The smallest absolute Gasteiger partial charge is 0.234 e. The maximum atomic E-state index is 13.7. The average Bonchev–Trinajstić information content (AvgIpc) is 2.64. The molecular formula is C20H31F2N5O. The zero-order valence-electron chi connectivity index (χ0n) is 17.0. The summed E-state index contributed by atoms with van der Waals surface area (Å²) in [4.78, 5) is 20.7. The molecule has 0 aromatic heterocycles. The van der Waals surface area contributed by atoms with Gasteiger partial charge in [0.1, 0.15) is 11.6 Å². The van der Waals surface area contributed by atoms with Crippen molar-refractivity contribution in [2.24, 2.45) is 4.99 Å². The number of amides is 1. The molecule has 2 rings (SSSR count). The molecule has 6 nitrogen and oxygen atoms in total. The van der Waals surface area contributed by atoms with Crippen molar-refractivity contribution < 1.29 is 13.6 Å². The fourth-order valence-corrected chi connectivity index (χ4v) is 3.13. The third-order valence-electron chi connectivity index (χ3n) is 4.47. The lowest BCUT2D eigenvalue weighted by molar-refractivity contribution is -0.123. The van der Waals surface area contributed by atoms with Crippen LogP contribution in [0.2, 0.25) is 0 Å². The van der Waals surface area contributed by atoms with Crippen LogP contribution in [0.3, 0.4) is 0 Å². The Balaban J connectivity index is 1.87. The van der Waals surface area contributed by atoms with Crippen LogP contribution in [-0.4, -0.2) is 73.5 Å². The van der Waals surface area contributed by atoms with E-state index in [1.54, 1.807) is 0 Å². The van der Waals surface area contributed by atoms with Crippen LogP contribution in [0.15, 0.2) is 23.2 Å². The van der Waals surface area contributed by atoms with Gasteiger partial charge in [0.05, 0.1) is 6.54 Å². The Morgan fingerprint density at radius 2 is 1.93 bits per heavy atom. The zero-order chi connectivity index (χ0) is 20.5. The third-order valence-corrected chi connectivity index (χ3v) is 4.47. The first-order chi connectivity index (χ1) is 13.4. The van der Waals surface area contributed by atoms with Gasteiger partial charge < -0.3 is 15.5 Å². The van der Waals surface area contributed by atoms with Gasteiger partial charge in [-0.3, -0.25) is 14.7 Å². The first-order valence-electron chi connectivity index (χ1n) is 9.88. The molecular weight excluding hydrogens is 364 g/mol. The molecule has 156 valence electrons. The fraction of sp³-hybridized carbons (Fsp3) is 0.600. The van der Waals surface area contributed by atoms with Crippen molar-refractivity contribution in [3.05, 3.63) is 35.4 Å². The van der Waals surface area contributed by atoms with Crippen LogP contribution in [-0.2, 0) is 11.2 Å². The van der Waals surface area contributed by atoms with Gasteiger partial charge in [-0.05, 0) is 51.0 Å². The normalized spacial score (nSPS) is 15.8. The van der Waals surface area contributed by atoms with E-state index in [0.717, 1.165) is 50.8 Å². The number of piperazine rings is 1. The van der Waals surface area contributed by atoms with Crippen LogP contribution in [0.1, 0.15) is 26.3 Å². The molecule has 8 heteroatoms. The lowest BCUT2D eigenvalue weighted by Gasteiger charge is -2.36. The molecule has 0 spiro atoms. The number of nitrogens with one attached hydrogen (secondary N) is 2. The van der Waals surface area contributed by atoms with Gasteiger partial charge in [-0.1, -0.05) is 0 Å². The molecule has 1 heterocycles. The molecule has 0 bridgehead atoms. The summed E-state index contributed by atoms with van der Waals surface area (Å²) in [6.45, 7) is 10.5. The van der Waals surface area contributed by atoms with Gasteiger partial charge in [0.25, 0.3) is 0 Å². The van der Waals surface area contributed by atoms with Gasteiger partial charge in [-0.25, -0.2) is 8.78 Å². The molecule has 1 aliphatic rings. The van der Waals surface area contributed by atoms with Crippen LogP contribution in [0, 0.1) is 11.6 Å². The van der Waals surface area contributed by atoms with Crippen molar-refractivity contribution >= 4 is 11.9 Å². The number of carbonyl (C=O) groups excluding carboxylic acids is 1. The van der Waals surface area contributed by atoms with E-state index in [9.17, 15) is 13.6 Å². The highest BCUT2D eigenvalue weighted by atomic mass is 19.1. The number of halogens is 2. The number of benzene rings is 1. The van der Waals surface area contributed by atoms with E-state index < -0.39 is 11.6 Å². The maximum absolute atomic E-state index is 13.7. The van der Waals surface area contributed by atoms with Gasteiger partial charge in [-0.15, -0.1) is 0 Å². The lowest BCUT2D eigenvalue weighted by Crippen LogP contribution is -2.54. The van der Waals surface area contributed by atoms with Crippen molar-refractivity contribution in [1.82, 2.24) is 20.4 Å². The molecule has 1 aromatic rings. The summed E-state index contributed by atoms with van der Waals surface area (Å²) in [6, 6.07) is 3.63. The highest BCUT2D eigenvalue weighted by molar-refractivity contribution is 5.80. The summed E-state index contributed by atoms with van der Waals surface area (Å²) in [5, 5.41) is 6.17. The molecule has 28 heavy (non-hydrogen) atoms. The molecule has 1 amide bonds. The molecule has 1 aromatic carbocycles. The van der Waals surface area contributed by atoms with Crippen LogP contribution < -0.4 is 10.6 Å². The molecule has 0 aliphatic carbocycles. The first kappa shape index (κ1) is 22.1. The molecule has 2 N–H and O–H groups in total. The Bertz CT molecular complexity index is 673. The van der Waals surface area contributed by atoms with Crippen LogP contribution in [0.25, 0.3) is 0 Å². The summed E-state index contributed by atoms with van der Waals surface area (Å²) in [5.41, 5.74) is 0.334. The quantitative estimate of drug-likeness (QED) is 0.544. The lowest BCUT2D eigenvalue weighted by atomic mass is 10.1. The van der Waals surface area contributed by atoms with Crippen molar-refractivity contribution in [3.63, 3.8) is 0 Å². The second-order valence-corrected chi connectivity index (χ2v) is 7.21. The van der Waals surface area contributed by atoms with E-state index in [-0.39, 0.29) is 11.9 Å². The number of hydrogen-bond acceptors (Lipinski definition) is 3. The zero-order valence-corrected chi connectivity index (χ0v) is 17.0. The minimum absolute atomic E-state index is 0.0427. The summed E-state index contributed by atoms with van der Waals surface area (Å²) >= 11 is 0. The van der Waals surface area contributed by atoms with E-state index in [0.29, 0.717) is 25.1 Å². The van der Waals surface area contributed by atoms with E-state index in [1.807, 2.05) is 20.8 Å². The molecule has 0 atom stereocenters. The summed E-state index contributed by atoms with van der Waals surface area (Å²) in [5.74, 6) is -0.0356. The third kappa shape index (κ3) is 7.07. The van der Waals surface area contributed by atoms with E-state index in [1.165, 1.54) is 6.07 Å². The molecule has 0 unspecified atom stereocenters. The van der Waals surface area contributed by atoms with Crippen molar-refractivity contribution in [3.8, 4) is 0 Å². The predicted molar refractivity (Wildman–Crippen MR) is 107 cm³/mol. The predicted octanol–water partition coefficient (Wildman–Crippen LogP) is 1.62. The minimum Gasteiger partial charge on any atom is -0.357 e. The van der Waals surface area contributed by atoms with Crippen LogP contribution >= 0.6 is 0 Å². The summed E-state index contributed by atoms with van der Waals surface area (Å²) < 4.78 is 27.0. The molecule has 0 radical (unpaired) electrons. The first-order valence-corrected chi connectivity index (χ1v) is 9.88. The number of rotatable bonds is 7. The number of nitrogens with zero attached hydrogens (tertiary/aromatic N) is 3. The topological polar surface area (TPSA) is 60.0 Å². The van der Waals surface area contributed by atoms with Gasteiger partial charge in [0.2, 0.25) is 5.91 Å². The van der Waals surface area contributed by atoms with Crippen molar-refractivity contribution in [2.45, 2.75) is 33.2 Å². The highest BCUT2D eigenvalue weighted by Crippen LogP contribution is 2.10. The second kappa shape index (κ2) is 10.9. The van der Waals surface area contributed by atoms with Gasteiger partial charge in [-0.2, -0.15) is 0 Å². The Morgan fingerprint density at radius 1 is 1.21 bits per heavy atom. The Morgan fingerprint density at radius 3 is 2.57 bits per heavy atom. The second-order valence-electron chi connectivity index (χ2n) is 7.21. The van der Waals surface area contributed by atoms with Gasteiger partial charge in [0.15, 0.2) is 5.96 Å². The number of guanidine groups is 1. The van der Waals surface area contributed by atoms with E-state index in [2.05, 4.69) is 25.4 Å². The van der Waals surface area contributed by atoms with Crippen LogP contribution in [0.5, 0.6) is 0 Å². The van der Waals surface area contributed by atoms with E-state index in [4.69, 9.17) is 0 Å². The SMILES string of the molecule is CCNC(=NCCc1cc(F)ccc1F)N1CCN(CC(=O)NC(C)C)CC1. The standard InChI is InChI=1S/C20H31F2N5O/c1-4-23-20(24-8-7-16-13-17(21)5-6-18(16)22)27-11-9-26(10-12-27)14-19(28)25-15(2)3/h5-6,13,15H,4,7-12,14H2,1-3H3,(H,23,24)(H,25,28). The van der Waals surface area contributed by atoms with Crippen molar-refractivity contribution in [2.75, 3.05) is 45.8 Å². The Labute approximate surface area is 166 Å². The highest BCUT2D eigenvalue weighted by Gasteiger charge is 2.21. The van der Waals surface area contributed by atoms with Gasteiger partial charge in [0, 0.05) is 45.3 Å². The van der Waals surface area contributed by atoms with Crippen molar-refractivity contribution in [1.29, 1.82) is 0 Å². The van der Waals surface area contributed by atoms with Gasteiger partial charge >= 0.3 is 0 Å².